The van der Waals surface area contributed by atoms with Gasteiger partial charge in [0.25, 0.3) is 0 Å². The second kappa shape index (κ2) is 4.66. The first-order chi connectivity index (χ1) is 8.85. The van der Waals surface area contributed by atoms with Crippen molar-refractivity contribution in [2.75, 3.05) is 12.4 Å². The lowest BCUT2D eigenvalue weighted by Gasteiger charge is -2.04. The van der Waals surface area contributed by atoms with E-state index in [2.05, 4.69) is 10.3 Å². The largest absolute Gasteiger partial charge is 0.457 e. The fourth-order valence-corrected chi connectivity index (χ4v) is 2.55. The maximum Gasteiger partial charge on any atom is 0.183 e. The van der Waals surface area contributed by atoms with E-state index in [0.29, 0.717) is 0 Å². The number of aromatic nitrogens is 1. The van der Waals surface area contributed by atoms with Crippen LogP contribution in [0.15, 0.2) is 48.5 Å². The van der Waals surface area contributed by atoms with Gasteiger partial charge in [0.05, 0.1) is 10.2 Å². The minimum absolute atomic E-state index is 0.833. The summed E-state index contributed by atoms with van der Waals surface area (Å²) in [6, 6.07) is 15.7. The second-order valence-electron chi connectivity index (χ2n) is 3.81. The molecule has 3 rings (SSSR count). The molecule has 0 unspecified atom stereocenters. The zero-order valence-corrected chi connectivity index (χ0v) is 10.7. The van der Waals surface area contributed by atoms with Crippen molar-refractivity contribution in [3.63, 3.8) is 0 Å². The van der Waals surface area contributed by atoms with Gasteiger partial charge in [-0.25, -0.2) is 4.98 Å². The normalized spacial score (nSPS) is 10.5. The summed E-state index contributed by atoms with van der Waals surface area (Å²) in [4.78, 5) is 4.43. The average molecular weight is 256 g/mol. The molecule has 90 valence electrons. The zero-order chi connectivity index (χ0) is 12.4. The van der Waals surface area contributed by atoms with Crippen LogP contribution in [-0.2, 0) is 0 Å². The predicted molar refractivity (Wildman–Crippen MR) is 75.7 cm³/mol. The molecular weight excluding hydrogens is 244 g/mol. The molecule has 3 aromatic rings. The van der Waals surface area contributed by atoms with Crippen molar-refractivity contribution in [2.24, 2.45) is 0 Å². The van der Waals surface area contributed by atoms with E-state index in [-0.39, 0.29) is 0 Å². The first-order valence-electron chi connectivity index (χ1n) is 5.66. The number of hydrogen-bond acceptors (Lipinski definition) is 4. The minimum Gasteiger partial charge on any atom is -0.457 e. The smallest absolute Gasteiger partial charge is 0.183 e. The Labute approximate surface area is 109 Å². The minimum atomic E-state index is 0.833. The topological polar surface area (TPSA) is 34.2 Å². The van der Waals surface area contributed by atoms with Crippen LogP contribution < -0.4 is 10.1 Å². The van der Waals surface area contributed by atoms with Crippen LogP contribution in [-0.4, -0.2) is 12.0 Å². The standard InChI is InChI=1S/C14H12N2OS/c1-15-14-16-12-8-7-11(9-13(12)18-14)17-10-5-3-2-4-6-10/h2-9H,1H3,(H,15,16). The molecule has 1 heterocycles. The molecular formula is C14H12N2OS. The molecule has 0 saturated heterocycles. The van der Waals surface area contributed by atoms with E-state index in [1.54, 1.807) is 11.3 Å². The van der Waals surface area contributed by atoms with Crippen LogP contribution >= 0.6 is 11.3 Å². The summed E-state index contributed by atoms with van der Waals surface area (Å²) in [5, 5.41) is 3.97. The molecule has 0 aliphatic carbocycles. The van der Waals surface area contributed by atoms with Crippen molar-refractivity contribution >= 4 is 26.7 Å². The van der Waals surface area contributed by atoms with Gasteiger partial charge in [0.1, 0.15) is 11.5 Å². The van der Waals surface area contributed by atoms with Crippen LogP contribution in [0, 0.1) is 0 Å². The van der Waals surface area contributed by atoms with Gasteiger partial charge in [-0.15, -0.1) is 0 Å². The van der Waals surface area contributed by atoms with Gasteiger partial charge in [-0.3, -0.25) is 0 Å². The SMILES string of the molecule is CNc1nc2ccc(Oc3ccccc3)cc2s1. The van der Waals surface area contributed by atoms with Crippen LogP contribution in [0.1, 0.15) is 0 Å². The molecule has 0 radical (unpaired) electrons. The van der Waals surface area contributed by atoms with Crippen LogP contribution in [0.3, 0.4) is 0 Å². The van der Waals surface area contributed by atoms with Crippen molar-refractivity contribution in [1.29, 1.82) is 0 Å². The summed E-state index contributed by atoms with van der Waals surface area (Å²) in [6.45, 7) is 0. The molecule has 0 amide bonds. The van der Waals surface area contributed by atoms with Gasteiger partial charge in [0.15, 0.2) is 5.13 Å². The van der Waals surface area contributed by atoms with Gasteiger partial charge in [-0.1, -0.05) is 29.5 Å². The Kier molecular flexibility index (Phi) is 2.86. The maximum atomic E-state index is 5.79. The number of ether oxygens (including phenoxy) is 1. The summed E-state index contributed by atoms with van der Waals surface area (Å²) in [6.07, 6.45) is 0. The Morgan fingerprint density at radius 1 is 1.06 bits per heavy atom. The number of nitrogens with zero attached hydrogens (tertiary/aromatic N) is 1. The molecule has 3 nitrogen and oxygen atoms in total. The number of para-hydroxylation sites is 1. The summed E-state index contributed by atoms with van der Waals surface area (Å²) in [7, 11) is 1.87. The second-order valence-corrected chi connectivity index (χ2v) is 4.84. The molecule has 0 aliphatic heterocycles. The Hall–Kier alpha value is -2.07. The van der Waals surface area contributed by atoms with Crippen LogP contribution in [0.25, 0.3) is 10.2 Å². The third-order valence-corrected chi connectivity index (χ3v) is 3.59. The highest BCUT2D eigenvalue weighted by atomic mass is 32.1. The Bertz CT molecular complexity index is 664. The van der Waals surface area contributed by atoms with Gasteiger partial charge in [0.2, 0.25) is 0 Å². The lowest BCUT2D eigenvalue weighted by molar-refractivity contribution is 0.483. The van der Waals surface area contributed by atoms with E-state index >= 15 is 0 Å². The molecule has 4 heteroatoms. The number of thiazole rings is 1. The fraction of sp³-hybridized carbons (Fsp3) is 0.0714. The quantitative estimate of drug-likeness (QED) is 0.765. The van der Waals surface area contributed by atoms with Crippen molar-refractivity contribution < 1.29 is 4.74 Å². The van der Waals surface area contributed by atoms with E-state index < -0.39 is 0 Å². The lowest BCUT2D eigenvalue weighted by Crippen LogP contribution is -1.84. The van der Waals surface area contributed by atoms with Crippen molar-refractivity contribution in [2.45, 2.75) is 0 Å². The number of rotatable bonds is 3. The number of nitrogens with one attached hydrogen (secondary N) is 1. The van der Waals surface area contributed by atoms with Crippen LogP contribution in [0.4, 0.5) is 5.13 Å². The first-order valence-corrected chi connectivity index (χ1v) is 6.48. The zero-order valence-electron chi connectivity index (χ0n) is 9.88. The van der Waals surface area contributed by atoms with Crippen LogP contribution in [0.2, 0.25) is 0 Å². The van der Waals surface area contributed by atoms with Gasteiger partial charge in [0, 0.05) is 13.1 Å². The third kappa shape index (κ3) is 2.15. The maximum absolute atomic E-state index is 5.79. The van der Waals surface area contributed by atoms with Gasteiger partial charge in [-0.2, -0.15) is 0 Å². The summed E-state index contributed by atoms with van der Waals surface area (Å²) < 4.78 is 6.91. The number of fused-ring (bicyclic) bond motifs is 1. The monoisotopic (exact) mass is 256 g/mol. The first kappa shape index (κ1) is 11.0. The van der Waals surface area contributed by atoms with Gasteiger partial charge in [-0.05, 0) is 24.3 Å². The highest BCUT2D eigenvalue weighted by Gasteiger charge is 2.04. The fourth-order valence-electron chi connectivity index (χ4n) is 1.70. The number of hydrogen-bond donors (Lipinski definition) is 1. The van der Waals surface area contributed by atoms with E-state index in [9.17, 15) is 0 Å². The highest BCUT2D eigenvalue weighted by molar-refractivity contribution is 7.22. The highest BCUT2D eigenvalue weighted by Crippen LogP contribution is 2.30. The van der Waals surface area contributed by atoms with Crippen molar-refractivity contribution in [1.82, 2.24) is 4.98 Å². The van der Waals surface area contributed by atoms with Gasteiger partial charge >= 0.3 is 0 Å². The molecule has 2 aromatic carbocycles. The van der Waals surface area contributed by atoms with Crippen molar-refractivity contribution in [3.05, 3.63) is 48.5 Å². The van der Waals surface area contributed by atoms with Crippen molar-refractivity contribution in [3.8, 4) is 11.5 Å². The molecule has 0 atom stereocenters. The Morgan fingerprint density at radius 3 is 2.67 bits per heavy atom. The van der Waals surface area contributed by atoms with Crippen LogP contribution in [0.5, 0.6) is 11.5 Å². The molecule has 1 N–H and O–H groups in total. The summed E-state index contributed by atoms with van der Waals surface area (Å²) in [5.41, 5.74) is 0.991. The lowest BCUT2D eigenvalue weighted by atomic mass is 10.3. The van der Waals surface area contributed by atoms with E-state index in [0.717, 1.165) is 26.8 Å². The molecule has 0 bridgehead atoms. The molecule has 18 heavy (non-hydrogen) atoms. The molecule has 0 saturated carbocycles. The number of benzene rings is 2. The summed E-state index contributed by atoms with van der Waals surface area (Å²) in [5.74, 6) is 1.68. The molecule has 0 fully saturated rings. The Morgan fingerprint density at radius 2 is 1.89 bits per heavy atom. The predicted octanol–water partition coefficient (Wildman–Crippen LogP) is 4.13. The average Bonchev–Trinajstić information content (AvgIpc) is 2.82. The summed E-state index contributed by atoms with van der Waals surface area (Å²) >= 11 is 1.62. The number of anilines is 1. The molecule has 0 spiro atoms. The van der Waals surface area contributed by atoms with E-state index in [4.69, 9.17) is 4.74 Å². The van der Waals surface area contributed by atoms with E-state index in [1.165, 1.54) is 0 Å². The Balaban J connectivity index is 1.93. The third-order valence-electron chi connectivity index (χ3n) is 2.55. The van der Waals surface area contributed by atoms with E-state index in [1.807, 2.05) is 55.6 Å². The molecule has 0 aliphatic rings. The van der Waals surface area contributed by atoms with Gasteiger partial charge < -0.3 is 10.1 Å². The molecule has 1 aromatic heterocycles.